The SMILES string of the molecule is Cn1c(Br)cnc1C(=O)Nc1ccc(C(=O)N2CCN(C(=O)C3[C@H]4CN(C(=O)OC(C)(C)C)C[C@@H]34)CC2)c(Cl)c1. The summed E-state index contributed by atoms with van der Waals surface area (Å²) in [6.07, 6.45) is 1.21. The predicted octanol–water partition coefficient (Wildman–Crippen LogP) is 3.49. The van der Waals surface area contributed by atoms with Crippen LogP contribution in [0.1, 0.15) is 41.7 Å². The van der Waals surface area contributed by atoms with Crippen LogP contribution in [-0.2, 0) is 16.6 Å². The Bertz CT molecular complexity index is 1350. The number of rotatable bonds is 4. The number of ether oxygens (including phenoxy) is 1. The lowest BCUT2D eigenvalue weighted by molar-refractivity contribution is -0.135. The number of hydrogen-bond donors (Lipinski definition) is 1. The highest BCUT2D eigenvalue weighted by Crippen LogP contribution is 2.52. The zero-order valence-corrected chi connectivity index (χ0v) is 25.2. The van der Waals surface area contributed by atoms with E-state index in [2.05, 4.69) is 26.2 Å². The molecule has 4 amide bonds. The van der Waals surface area contributed by atoms with Gasteiger partial charge in [0.15, 0.2) is 5.82 Å². The second-order valence-electron chi connectivity index (χ2n) is 11.5. The van der Waals surface area contributed by atoms with Crippen molar-refractivity contribution in [3.05, 3.63) is 45.4 Å². The second-order valence-corrected chi connectivity index (χ2v) is 12.7. The number of halogens is 2. The van der Waals surface area contributed by atoms with E-state index in [0.29, 0.717) is 55.1 Å². The van der Waals surface area contributed by atoms with E-state index in [0.717, 1.165) is 0 Å². The molecule has 2 aliphatic heterocycles. The lowest BCUT2D eigenvalue weighted by Gasteiger charge is -2.35. The van der Waals surface area contributed by atoms with E-state index >= 15 is 0 Å². The minimum atomic E-state index is -0.545. The molecule has 0 radical (unpaired) electrons. The molecule has 3 atom stereocenters. The van der Waals surface area contributed by atoms with Crippen molar-refractivity contribution in [3.63, 3.8) is 0 Å². The van der Waals surface area contributed by atoms with Gasteiger partial charge in [-0.05, 0) is 66.7 Å². The van der Waals surface area contributed by atoms with Crippen molar-refractivity contribution in [2.24, 2.45) is 24.8 Å². The number of fused-ring (bicyclic) bond motifs is 1. The molecule has 5 rings (SSSR count). The molecule has 1 unspecified atom stereocenters. The Hall–Kier alpha value is -3.12. The van der Waals surface area contributed by atoms with Crippen LogP contribution < -0.4 is 5.32 Å². The number of nitrogens with zero attached hydrogens (tertiary/aromatic N) is 5. The number of benzene rings is 1. The topological polar surface area (TPSA) is 117 Å². The number of carbonyl (C=O) groups excluding carboxylic acids is 4. The maximum Gasteiger partial charge on any atom is 0.410 e. The number of amides is 4. The van der Waals surface area contributed by atoms with Crippen molar-refractivity contribution >= 4 is 57.0 Å². The van der Waals surface area contributed by atoms with Gasteiger partial charge in [0.1, 0.15) is 10.2 Å². The zero-order chi connectivity index (χ0) is 28.9. The fraction of sp³-hybridized carbons (Fsp3) is 0.519. The third kappa shape index (κ3) is 5.69. The molecule has 1 aromatic carbocycles. The average Bonchev–Trinajstić information content (AvgIpc) is 3.19. The molecule has 1 saturated carbocycles. The van der Waals surface area contributed by atoms with Crippen molar-refractivity contribution in [3.8, 4) is 0 Å². The first-order chi connectivity index (χ1) is 18.8. The molecule has 2 aromatic rings. The van der Waals surface area contributed by atoms with E-state index in [1.807, 2.05) is 25.7 Å². The van der Waals surface area contributed by atoms with Crippen LogP contribution in [0.15, 0.2) is 29.0 Å². The van der Waals surface area contributed by atoms with Gasteiger partial charge in [-0.1, -0.05) is 11.6 Å². The number of piperidine rings is 1. The standard InChI is InChI=1S/C27H32BrClN6O5/c1-27(2,3)40-26(39)35-13-17-18(14-35)21(17)25(38)34-9-7-33(8-10-34)24(37)16-6-5-15(11-19(16)29)31-23(36)22-30-12-20(28)32(22)4/h5-6,11-12,17-18,21H,7-10,13-14H2,1-4H3,(H,31,36)/t17-,18+,21?. The molecule has 13 heteroatoms. The van der Waals surface area contributed by atoms with Gasteiger partial charge in [-0.2, -0.15) is 0 Å². The van der Waals surface area contributed by atoms with Crippen LogP contribution in [0.3, 0.4) is 0 Å². The number of imidazole rings is 1. The number of anilines is 1. The number of likely N-dealkylation sites (tertiary alicyclic amines) is 1. The summed E-state index contributed by atoms with van der Waals surface area (Å²) in [5, 5.41) is 2.97. The number of piperazine rings is 1. The molecular formula is C27H32BrClN6O5. The lowest BCUT2D eigenvalue weighted by atomic mass is 10.1. The maximum atomic E-state index is 13.2. The highest BCUT2D eigenvalue weighted by atomic mass is 79.9. The van der Waals surface area contributed by atoms with Gasteiger partial charge in [0.25, 0.3) is 11.8 Å². The van der Waals surface area contributed by atoms with Gasteiger partial charge >= 0.3 is 6.09 Å². The Labute approximate surface area is 245 Å². The van der Waals surface area contributed by atoms with Crippen LogP contribution in [0.25, 0.3) is 0 Å². The minimum Gasteiger partial charge on any atom is -0.444 e. The number of nitrogens with one attached hydrogen (secondary N) is 1. The molecule has 0 bridgehead atoms. The predicted molar refractivity (Wildman–Crippen MR) is 151 cm³/mol. The number of carbonyl (C=O) groups is 4. The first-order valence-electron chi connectivity index (χ1n) is 13.2. The van der Waals surface area contributed by atoms with Crippen LogP contribution in [-0.4, -0.2) is 92.9 Å². The second kappa shape index (κ2) is 10.7. The zero-order valence-electron chi connectivity index (χ0n) is 22.8. The van der Waals surface area contributed by atoms with Gasteiger partial charge in [-0.25, -0.2) is 9.78 Å². The van der Waals surface area contributed by atoms with Crippen molar-refractivity contribution in [2.75, 3.05) is 44.6 Å². The van der Waals surface area contributed by atoms with Gasteiger partial charge in [-0.15, -0.1) is 0 Å². The van der Waals surface area contributed by atoms with Crippen LogP contribution in [0.2, 0.25) is 5.02 Å². The third-order valence-electron chi connectivity index (χ3n) is 7.60. The Morgan fingerprint density at radius 3 is 2.20 bits per heavy atom. The van der Waals surface area contributed by atoms with Crippen molar-refractivity contribution in [1.82, 2.24) is 24.3 Å². The van der Waals surface area contributed by atoms with E-state index < -0.39 is 11.5 Å². The Kier molecular flexibility index (Phi) is 7.60. The van der Waals surface area contributed by atoms with E-state index in [1.54, 1.807) is 33.5 Å². The van der Waals surface area contributed by atoms with Crippen molar-refractivity contribution in [1.29, 1.82) is 0 Å². The first-order valence-corrected chi connectivity index (χ1v) is 14.3. The summed E-state index contributed by atoms with van der Waals surface area (Å²) in [4.78, 5) is 60.5. The fourth-order valence-electron chi connectivity index (χ4n) is 5.43. The molecule has 40 heavy (non-hydrogen) atoms. The maximum absolute atomic E-state index is 13.2. The van der Waals surface area contributed by atoms with Crippen LogP contribution >= 0.6 is 27.5 Å². The smallest absolute Gasteiger partial charge is 0.410 e. The third-order valence-corrected chi connectivity index (χ3v) is 8.65. The Morgan fingerprint density at radius 2 is 1.65 bits per heavy atom. The summed E-state index contributed by atoms with van der Waals surface area (Å²) in [6, 6.07) is 4.76. The van der Waals surface area contributed by atoms with E-state index in [1.165, 1.54) is 12.3 Å². The van der Waals surface area contributed by atoms with Gasteiger partial charge in [-0.3, -0.25) is 14.4 Å². The van der Waals surface area contributed by atoms with Crippen LogP contribution in [0, 0.1) is 17.8 Å². The number of aromatic nitrogens is 2. The van der Waals surface area contributed by atoms with Crippen LogP contribution in [0.5, 0.6) is 0 Å². The highest BCUT2D eigenvalue weighted by molar-refractivity contribution is 9.10. The van der Waals surface area contributed by atoms with Gasteiger partial charge in [0, 0.05) is 57.9 Å². The molecule has 0 spiro atoms. The average molecular weight is 636 g/mol. The van der Waals surface area contributed by atoms with E-state index in [-0.39, 0.29) is 46.5 Å². The van der Waals surface area contributed by atoms with Gasteiger partial charge < -0.3 is 29.3 Å². The van der Waals surface area contributed by atoms with E-state index in [9.17, 15) is 19.2 Å². The summed E-state index contributed by atoms with van der Waals surface area (Å²) in [7, 11) is 1.71. The summed E-state index contributed by atoms with van der Waals surface area (Å²) < 4.78 is 7.72. The molecule has 1 N–H and O–H groups in total. The molecule has 2 saturated heterocycles. The monoisotopic (exact) mass is 634 g/mol. The minimum absolute atomic E-state index is 0.0648. The molecule has 3 heterocycles. The summed E-state index contributed by atoms with van der Waals surface area (Å²) in [5.41, 5.74) is 0.232. The van der Waals surface area contributed by atoms with Crippen LogP contribution in [0.4, 0.5) is 10.5 Å². The van der Waals surface area contributed by atoms with Crippen molar-refractivity contribution in [2.45, 2.75) is 26.4 Å². The molecule has 11 nitrogen and oxygen atoms in total. The largest absolute Gasteiger partial charge is 0.444 e. The molecule has 3 fully saturated rings. The fourth-order valence-corrected chi connectivity index (χ4v) is 5.96. The Balaban J connectivity index is 1.11. The summed E-state index contributed by atoms with van der Waals surface area (Å²) in [5.74, 6) is -0.00629. The normalized spacial score (nSPS) is 22.1. The summed E-state index contributed by atoms with van der Waals surface area (Å²) in [6.45, 7) is 8.30. The molecular weight excluding hydrogens is 604 g/mol. The molecule has 1 aromatic heterocycles. The lowest BCUT2D eigenvalue weighted by Crippen LogP contribution is -2.51. The molecule has 3 aliphatic rings. The Morgan fingerprint density at radius 1 is 1.02 bits per heavy atom. The summed E-state index contributed by atoms with van der Waals surface area (Å²) >= 11 is 9.74. The van der Waals surface area contributed by atoms with Gasteiger partial charge in [0.2, 0.25) is 5.91 Å². The molecule has 214 valence electrons. The quantitative estimate of drug-likeness (QED) is 0.550. The first kappa shape index (κ1) is 28.4. The van der Waals surface area contributed by atoms with Gasteiger partial charge in [0.05, 0.1) is 16.8 Å². The van der Waals surface area contributed by atoms with E-state index in [4.69, 9.17) is 16.3 Å². The van der Waals surface area contributed by atoms with Crippen molar-refractivity contribution < 1.29 is 23.9 Å². The number of hydrogen-bond acceptors (Lipinski definition) is 6. The highest BCUT2D eigenvalue weighted by Gasteiger charge is 2.61. The molecule has 1 aliphatic carbocycles.